The van der Waals surface area contributed by atoms with E-state index in [-0.39, 0.29) is 36.8 Å². The molecular formula is C25H22N2O5. The van der Waals surface area contributed by atoms with Gasteiger partial charge in [-0.05, 0) is 36.1 Å². The van der Waals surface area contributed by atoms with Crippen molar-refractivity contribution in [3.05, 3.63) is 71.8 Å². The van der Waals surface area contributed by atoms with E-state index in [4.69, 9.17) is 9.47 Å². The highest BCUT2D eigenvalue weighted by Crippen LogP contribution is 2.31. The van der Waals surface area contributed by atoms with E-state index in [0.29, 0.717) is 47.6 Å². The van der Waals surface area contributed by atoms with Gasteiger partial charge in [0.25, 0.3) is 11.8 Å². The molecule has 2 aliphatic heterocycles. The van der Waals surface area contributed by atoms with Crippen molar-refractivity contribution >= 4 is 28.5 Å². The second-order valence-electron chi connectivity index (χ2n) is 7.88. The summed E-state index contributed by atoms with van der Waals surface area (Å²) < 4.78 is 11.5. The van der Waals surface area contributed by atoms with E-state index in [1.54, 1.807) is 12.1 Å². The number of amides is 3. The van der Waals surface area contributed by atoms with Crippen molar-refractivity contribution in [2.45, 2.75) is 18.9 Å². The molecule has 2 heterocycles. The molecule has 1 unspecified atom stereocenters. The predicted octanol–water partition coefficient (Wildman–Crippen LogP) is 3.17. The highest BCUT2D eigenvalue weighted by Gasteiger charge is 2.32. The summed E-state index contributed by atoms with van der Waals surface area (Å²) in [6.07, 6.45) is 0.315. The van der Waals surface area contributed by atoms with E-state index in [0.717, 1.165) is 5.39 Å². The number of fused-ring (bicyclic) bond motifs is 1. The standard InChI is InChI=1S/C25H22N2O5/c28-22(26-14-17-15-31-20-10-1-2-11-21(20)32-17)12-5-13-27-24(29)18-8-3-6-16-7-4-9-19(23(16)18)25(27)30/h1-4,6-11,17H,5,12-15H2,(H,26,28). The van der Waals surface area contributed by atoms with Crippen molar-refractivity contribution in [3.63, 3.8) is 0 Å². The summed E-state index contributed by atoms with van der Waals surface area (Å²) in [7, 11) is 0. The van der Waals surface area contributed by atoms with Crippen molar-refractivity contribution in [1.82, 2.24) is 10.2 Å². The Labute approximate surface area is 184 Å². The molecule has 162 valence electrons. The van der Waals surface area contributed by atoms with Crippen molar-refractivity contribution in [3.8, 4) is 11.5 Å². The first-order valence-electron chi connectivity index (χ1n) is 10.6. The van der Waals surface area contributed by atoms with Crippen LogP contribution in [-0.2, 0) is 4.79 Å². The van der Waals surface area contributed by atoms with Crippen LogP contribution in [0.2, 0.25) is 0 Å². The Bertz CT molecular complexity index is 1170. The van der Waals surface area contributed by atoms with Crippen molar-refractivity contribution in [2.24, 2.45) is 0 Å². The first kappa shape index (κ1) is 20.1. The van der Waals surface area contributed by atoms with Crippen molar-refractivity contribution in [2.75, 3.05) is 19.7 Å². The number of carbonyl (C=O) groups is 3. The molecule has 0 saturated carbocycles. The topological polar surface area (TPSA) is 84.9 Å². The number of benzene rings is 3. The van der Waals surface area contributed by atoms with Gasteiger partial charge in [-0.15, -0.1) is 0 Å². The van der Waals surface area contributed by atoms with Gasteiger partial charge in [0.1, 0.15) is 12.7 Å². The van der Waals surface area contributed by atoms with E-state index in [9.17, 15) is 14.4 Å². The summed E-state index contributed by atoms with van der Waals surface area (Å²) >= 11 is 0. The van der Waals surface area contributed by atoms with Crippen LogP contribution in [0.25, 0.3) is 10.8 Å². The lowest BCUT2D eigenvalue weighted by atomic mass is 9.94. The predicted molar refractivity (Wildman–Crippen MR) is 118 cm³/mol. The fourth-order valence-electron chi connectivity index (χ4n) is 4.16. The fraction of sp³-hybridized carbons (Fsp3) is 0.240. The van der Waals surface area contributed by atoms with Gasteiger partial charge in [0.2, 0.25) is 5.91 Å². The number of hydrogen-bond acceptors (Lipinski definition) is 5. The van der Waals surface area contributed by atoms with E-state index in [2.05, 4.69) is 5.32 Å². The minimum atomic E-state index is -0.314. The van der Waals surface area contributed by atoms with Gasteiger partial charge in [0, 0.05) is 29.5 Å². The minimum Gasteiger partial charge on any atom is -0.486 e. The molecular weight excluding hydrogens is 408 g/mol. The lowest BCUT2D eigenvalue weighted by Gasteiger charge is -2.27. The van der Waals surface area contributed by atoms with Gasteiger partial charge in [-0.3, -0.25) is 19.3 Å². The number of imide groups is 1. The van der Waals surface area contributed by atoms with Crippen LogP contribution in [0.15, 0.2) is 60.7 Å². The first-order valence-corrected chi connectivity index (χ1v) is 10.6. The Hall–Kier alpha value is -3.87. The van der Waals surface area contributed by atoms with Crippen LogP contribution in [-0.4, -0.2) is 48.4 Å². The maximum absolute atomic E-state index is 12.9. The molecule has 0 aliphatic carbocycles. The third kappa shape index (κ3) is 3.66. The van der Waals surface area contributed by atoms with Crippen molar-refractivity contribution < 1.29 is 23.9 Å². The number of hydrogen-bond donors (Lipinski definition) is 1. The number of nitrogens with zero attached hydrogens (tertiary/aromatic N) is 1. The quantitative estimate of drug-likeness (QED) is 0.607. The van der Waals surface area contributed by atoms with Gasteiger partial charge < -0.3 is 14.8 Å². The number of para-hydroxylation sites is 2. The largest absolute Gasteiger partial charge is 0.486 e. The third-order valence-corrected chi connectivity index (χ3v) is 5.74. The Morgan fingerprint density at radius 2 is 1.62 bits per heavy atom. The second kappa shape index (κ2) is 8.34. The number of rotatable bonds is 6. The van der Waals surface area contributed by atoms with Crippen LogP contribution in [0.3, 0.4) is 0 Å². The molecule has 3 amide bonds. The summed E-state index contributed by atoms with van der Waals surface area (Å²) in [4.78, 5) is 39.3. The Balaban J connectivity index is 1.14. The molecule has 1 atom stereocenters. The summed E-state index contributed by atoms with van der Waals surface area (Å²) in [6, 6.07) is 18.3. The smallest absolute Gasteiger partial charge is 0.261 e. The van der Waals surface area contributed by atoms with E-state index >= 15 is 0 Å². The molecule has 5 rings (SSSR count). The minimum absolute atomic E-state index is 0.160. The zero-order valence-electron chi connectivity index (χ0n) is 17.4. The summed E-state index contributed by atoms with van der Waals surface area (Å²) in [5, 5.41) is 4.42. The monoisotopic (exact) mass is 430 g/mol. The lowest BCUT2D eigenvalue weighted by molar-refractivity contribution is -0.121. The van der Waals surface area contributed by atoms with Crippen LogP contribution in [0.4, 0.5) is 0 Å². The van der Waals surface area contributed by atoms with Crippen LogP contribution < -0.4 is 14.8 Å². The lowest BCUT2D eigenvalue weighted by Crippen LogP contribution is -2.42. The van der Waals surface area contributed by atoms with Gasteiger partial charge >= 0.3 is 0 Å². The highest BCUT2D eigenvalue weighted by atomic mass is 16.6. The molecule has 32 heavy (non-hydrogen) atoms. The van der Waals surface area contributed by atoms with Gasteiger partial charge in [0.05, 0.1) is 6.54 Å². The van der Waals surface area contributed by atoms with Crippen molar-refractivity contribution in [1.29, 1.82) is 0 Å². The molecule has 7 nitrogen and oxygen atoms in total. The zero-order valence-corrected chi connectivity index (χ0v) is 17.4. The molecule has 3 aromatic rings. The second-order valence-corrected chi connectivity index (χ2v) is 7.88. The normalized spacial score (nSPS) is 16.9. The third-order valence-electron chi connectivity index (χ3n) is 5.74. The highest BCUT2D eigenvalue weighted by molar-refractivity contribution is 6.25. The van der Waals surface area contributed by atoms with E-state index in [1.165, 1.54) is 4.90 Å². The Morgan fingerprint density at radius 1 is 0.938 bits per heavy atom. The molecule has 1 N–H and O–H groups in total. The van der Waals surface area contributed by atoms with Crippen LogP contribution in [0, 0.1) is 0 Å². The summed E-state index contributed by atoms with van der Waals surface area (Å²) in [6.45, 7) is 0.870. The maximum atomic E-state index is 12.9. The molecule has 7 heteroatoms. The Kier molecular flexibility index (Phi) is 5.23. The van der Waals surface area contributed by atoms with Gasteiger partial charge in [-0.2, -0.15) is 0 Å². The average Bonchev–Trinajstić information content (AvgIpc) is 2.83. The number of nitrogens with one attached hydrogen (secondary N) is 1. The van der Waals surface area contributed by atoms with Gasteiger partial charge in [0.15, 0.2) is 11.5 Å². The summed E-state index contributed by atoms with van der Waals surface area (Å²) in [5.41, 5.74) is 1.05. The molecule has 0 radical (unpaired) electrons. The summed E-state index contributed by atoms with van der Waals surface area (Å²) in [5.74, 6) is 0.572. The molecule has 0 aromatic heterocycles. The van der Waals surface area contributed by atoms with Crippen LogP contribution >= 0.6 is 0 Å². The number of ether oxygens (including phenoxy) is 2. The maximum Gasteiger partial charge on any atom is 0.261 e. The molecule has 0 bridgehead atoms. The Morgan fingerprint density at radius 3 is 2.34 bits per heavy atom. The van der Waals surface area contributed by atoms with Gasteiger partial charge in [-0.1, -0.05) is 36.4 Å². The van der Waals surface area contributed by atoms with E-state index in [1.807, 2.05) is 48.5 Å². The fourth-order valence-corrected chi connectivity index (χ4v) is 4.16. The number of carbonyl (C=O) groups excluding carboxylic acids is 3. The molecule has 0 saturated heterocycles. The van der Waals surface area contributed by atoms with Crippen LogP contribution in [0.5, 0.6) is 11.5 Å². The van der Waals surface area contributed by atoms with Gasteiger partial charge in [-0.25, -0.2) is 0 Å². The molecule has 0 spiro atoms. The zero-order chi connectivity index (χ0) is 22.1. The average molecular weight is 430 g/mol. The SMILES string of the molecule is O=C(CCCN1C(=O)c2cccc3cccc(c23)C1=O)NCC1COc2ccccc2O1. The first-order chi connectivity index (χ1) is 15.6. The molecule has 2 aliphatic rings. The molecule has 0 fully saturated rings. The molecule has 3 aromatic carbocycles. The van der Waals surface area contributed by atoms with Crippen LogP contribution in [0.1, 0.15) is 33.6 Å². The van der Waals surface area contributed by atoms with E-state index < -0.39 is 0 Å².